The highest BCUT2D eigenvalue weighted by molar-refractivity contribution is 7.71. The van der Waals surface area contributed by atoms with Gasteiger partial charge in [-0.2, -0.15) is 0 Å². The van der Waals surface area contributed by atoms with E-state index in [1.807, 2.05) is 6.20 Å². The Morgan fingerprint density at radius 1 is 1.44 bits per heavy atom. The summed E-state index contributed by atoms with van der Waals surface area (Å²) in [5.41, 5.74) is 3.61. The number of aryl methyl sites for hydroxylation is 1. The van der Waals surface area contributed by atoms with Crippen molar-refractivity contribution < 1.29 is 0 Å². The van der Waals surface area contributed by atoms with Gasteiger partial charge in [0.2, 0.25) is 0 Å². The van der Waals surface area contributed by atoms with Gasteiger partial charge >= 0.3 is 0 Å². The van der Waals surface area contributed by atoms with Crippen LogP contribution in [0.2, 0.25) is 0 Å². The third kappa shape index (κ3) is 1.99. The summed E-state index contributed by atoms with van der Waals surface area (Å²) < 4.78 is 2.98. The predicted octanol–water partition coefficient (Wildman–Crippen LogP) is 3.98. The van der Waals surface area contributed by atoms with Gasteiger partial charge in [0.25, 0.3) is 0 Å². The van der Waals surface area contributed by atoms with Crippen molar-refractivity contribution in [1.29, 1.82) is 0 Å². The average molecular weight is 261 g/mol. The number of fused-ring (bicyclic) bond motifs is 1. The van der Waals surface area contributed by atoms with Gasteiger partial charge in [0.1, 0.15) is 0 Å². The molecule has 2 aromatic heterocycles. The Hall–Kier alpha value is -1.16. The SMILES string of the molecule is Cc1cnc2c(c1)[nH]c(=S)n2CC1(C)CCCC1. The zero-order valence-corrected chi connectivity index (χ0v) is 11.8. The number of nitrogens with zero attached hydrogens (tertiary/aromatic N) is 2. The van der Waals surface area contributed by atoms with Crippen molar-refractivity contribution in [2.24, 2.45) is 5.41 Å². The molecule has 0 aromatic carbocycles. The van der Waals surface area contributed by atoms with E-state index in [2.05, 4.69) is 34.4 Å². The molecule has 0 saturated heterocycles. The fourth-order valence-electron chi connectivity index (χ4n) is 3.06. The fraction of sp³-hybridized carbons (Fsp3) is 0.571. The zero-order chi connectivity index (χ0) is 12.8. The summed E-state index contributed by atoms with van der Waals surface area (Å²) in [6.07, 6.45) is 7.20. The molecule has 96 valence electrons. The molecular weight excluding hydrogens is 242 g/mol. The number of H-pyrrole nitrogens is 1. The third-order valence-corrected chi connectivity index (χ3v) is 4.42. The molecule has 0 amide bonds. The van der Waals surface area contributed by atoms with Crippen LogP contribution in [0.3, 0.4) is 0 Å². The molecule has 0 aliphatic heterocycles. The van der Waals surface area contributed by atoms with E-state index < -0.39 is 0 Å². The van der Waals surface area contributed by atoms with Gasteiger partial charge in [-0.05, 0) is 49.0 Å². The number of hydrogen-bond donors (Lipinski definition) is 1. The van der Waals surface area contributed by atoms with Crippen LogP contribution in [0.25, 0.3) is 11.2 Å². The molecule has 0 radical (unpaired) electrons. The lowest BCUT2D eigenvalue weighted by Crippen LogP contribution is -2.19. The number of aromatic amines is 1. The minimum atomic E-state index is 0.389. The van der Waals surface area contributed by atoms with Crippen molar-refractivity contribution in [2.45, 2.75) is 46.1 Å². The number of pyridine rings is 1. The topological polar surface area (TPSA) is 33.6 Å². The summed E-state index contributed by atoms with van der Waals surface area (Å²) in [4.78, 5) is 7.81. The van der Waals surface area contributed by atoms with E-state index >= 15 is 0 Å². The second kappa shape index (κ2) is 4.19. The Morgan fingerprint density at radius 3 is 2.89 bits per heavy atom. The first-order valence-electron chi connectivity index (χ1n) is 6.63. The van der Waals surface area contributed by atoms with Gasteiger partial charge in [-0.3, -0.25) is 0 Å². The van der Waals surface area contributed by atoms with Crippen LogP contribution < -0.4 is 0 Å². The first-order chi connectivity index (χ1) is 8.57. The van der Waals surface area contributed by atoms with Crippen molar-refractivity contribution in [3.05, 3.63) is 22.6 Å². The molecule has 0 atom stereocenters. The molecular formula is C14H19N3S. The maximum atomic E-state index is 5.45. The smallest absolute Gasteiger partial charge is 0.179 e. The van der Waals surface area contributed by atoms with Gasteiger partial charge in [0.05, 0.1) is 5.52 Å². The standard InChI is InChI=1S/C14H19N3S/c1-10-7-11-12(15-8-10)17(13(18)16-11)9-14(2)5-3-4-6-14/h7-8H,3-6,9H2,1-2H3,(H,16,18). The van der Waals surface area contributed by atoms with Gasteiger partial charge in [-0.25, -0.2) is 4.98 Å². The van der Waals surface area contributed by atoms with Crippen LogP contribution in [0, 0.1) is 17.1 Å². The lowest BCUT2D eigenvalue weighted by molar-refractivity contribution is 0.283. The summed E-state index contributed by atoms with van der Waals surface area (Å²) in [6, 6.07) is 2.12. The number of hydrogen-bond acceptors (Lipinski definition) is 2. The van der Waals surface area contributed by atoms with Gasteiger partial charge in [0.15, 0.2) is 10.4 Å². The molecule has 4 heteroatoms. The molecule has 2 aromatic rings. The second-order valence-electron chi connectivity index (χ2n) is 5.92. The molecule has 0 spiro atoms. The van der Waals surface area contributed by atoms with E-state index in [4.69, 9.17) is 12.2 Å². The van der Waals surface area contributed by atoms with E-state index in [0.717, 1.165) is 28.0 Å². The number of rotatable bonds is 2. The Labute approximate surface area is 112 Å². The van der Waals surface area contributed by atoms with E-state index in [-0.39, 0.29) is 0 Å². The Balaban J connectivity index is 2.06. The first-order valence-corrected chi connectivity index (χ1v) is 7.03. The monoisotopic (exact) mass is 261 g/mol. The quantitative estimate of drug-likeness (QED) is 0.829. The van der Waals surface area contributed by atoms with E-state index in [9.17, 15) is 0 Å². The van der Waals surface area contributed by atoms with Gasteiger partial charge in [-0.1, -0.05) is 19.8 Å². The highest BCUT2D eigenvalue weighted by atomic mass is 32.1. The van der Waals surface area contributed by atoms with Crippen LogP contribution in [0.4, 0.5) is 0 Å². The van der Waals surface area contributed by atoms with Crippen LogP contribution in [0.5, 0.6) is 0 Å². The molecule has 3 nitrogen and oxygen atoms in total. The van der Waals surface area contributed by atoms with Crippen molar-refractivity contribution >= 4 is 23.4 Å². The van der Waals surface area contributed by atoms with Crippen LogP contribution in [0.15, 0.2) is 12.3 Å². The van der Waals surface area contributed by atoms with E-state index in [1.54, 1.807) is 0 Å². The van der Waals surface area contributed by atoms with Crippen LogP contribution in [-0.4, -0.2) is 14.5 Å². The minimum Gasteiger partial charge on any atom is -0.329 e. The molecule has 18 heavy (non-hydrogen) atoms. The predicted molar refractivity (Wildman–Crippen MR) is 76.2 cm³/mol. The zero-order valence-electron chi connectivity index (χ0n) is 11.0. The van der Waals surface area contributed by atoms with Crippen molar-refractivity contribution in [1.82, 2.24) is 14.5 Å². The Kier molecular flexibility index (Phi) is 2.77. The van der Waals surface area contributed by atoms with Crippen LogP contribution >= 0.6 is 12.2 Å². The fourth-order valence-corrected chi connectivity index (χ4v) is 3.32. The van der Waals surface area contributed by atoms with Crippen molar-refractivity contribution in [3.63, 3.8) is 0 Å². The molecule has 0 bridgehead atoms. The molecule has 3 rings (SSSR count). The minimum absolute atomic E-state index is 0.389. The molecule has 1 fully saturated rings. The summed E-state index contributed by atoms with van der Waals surface area (Å²) in [5.74, 6) is 0. The van der Waals surface area contributed by atoms with Gasteiger partial charge in [-0.15, -0.1) is 0 Å². The second-order valence-corrected chi connectivity index (χ2v) is 6.30. The van der Waals surface area contributed by atoms with E-state index in [0.29, 0.717) is 5.41 Å². The summed E-state index contributed by atoms with van der Waals surface area (Å²) in [6.45, 7) is 5.41. The molecule has 1 aliphatic carbocycles. The lowest BCUT2D eigenvalue weighted by Gasteiger charge is -2.23. The van der Waals surface area contributed by atoms with Gasteiger partial charge < -0.3 is 9.55 Å². The highest BCUT2D eigenvalue weighted by Gasteiger charge is 2.29. The molecule has 1 saturated carbocycles. The van der Waals surface area contributed by atoms with Gasteiger partial charge in [0, 0.05) is 12.7 Å². The lowest BCUT2D eigenvalue weighted by atomic mass is 9.89. The largest absolute Gasteiger partial charge is 0.329 e. The normalized spacial score (nSPS) is 18.6. The van der Waals surface area contributed by atoms with Crippen molar-refractivity contribution in [2.75, 3.05) is 0 Å². The van der Waals surface area contributed by atoms with Crippen LogP contribution in [0.1, 0.15) is 38.2 Å². The Morgan fingerprint density at radius 2 is 2.17 bits per heavy atom. The summed E-state index contributed by atoms with van der Waals surface area (Å²) in [7, 11) is 0. The molecule has 2 heterocycles. The van der Waals surface area contributed by atoms with Crippen LogP contribution in [-0.2, 0) is 6.54 Å². The number of nitrogens with one attached hydrogen (secondary N) is 1. The Bertz CT molecular complexity index is 632. The number of aromatic nitrogens is 3. The third-order valence-electron chi connectivity index (χ3n) is 4.10. The van der Waals surface area contributed by atoms with E-state index in [1.165, 1.54) is 25.7 Å². The van der Waals surface area contributed by atoms with Crippen molar-refractivity contribution in [3.8, 4) is 0 Å². The maximum Gasteiger partial charge on any atom is 0.179 e. The highest BCUT2D eigenvalue weighted by Crippen LogP contribution is 2.39. The molecule has 0 unspecified atom stereocenters. The molecule has 1 aliphatic rings. The summed E-state index contributed by atoms with van der Waals surface area (Å²) >= 11 is 5.45. The average Bonchev–Trinajstić information content (AvgIpc) is 2.85. The maximum absolute atomic E-state index is 5.45. The molecule has 1 N–H and O–H groups in total. The summed E-state index contributed by atoms with van der Waals surface area (Å²) in [5, 5.41) is 0. The number of imidazole rings is 1. The first kappa shape index (κ1) is 11.9.